The molecule has 0 bridgehead atoms. The van der Waals surface area contributed by atoms with Crippen LogP contribution in [-0.4, -0.2) is 21.0 Å². The molecule has 2 rings (SSSR count). The minimum atomic E-state index is -0.457. The molecule has 2 aromatic rings. The van der Waals surface area contributed by atoms with Crippen LogP contribution in [0.1, 0.15) is 0 Å². The van der Waals surface area contributed by atoms with Crippen molar-refractivity contribution in [1.29, 1.82) is 0 Å². The third kappa shape index (κ3) is 2.78. The van der Waals surface area contributed by atoms with Gasteiger partial charge in [-0.2, -0.15) is 0 Å². The highest BCUT2D eigenvalue weighted by Gasteiger charge is 1.98. The molecular formula is C11H9N3O2. The molecule has 0 saturated carbocycles. The molecule has 0 unspecified atom stereocenters. The summed E-state index contributed by atoms with van der Waals surface area (Å²) in [5.74, 6) is 0.0532. The van der Waals surface area contributed by atoms with Crippen molar-refractivity contribution in [3.05, 3.63) is 48.8 Å². The van der Waals surface area contributed by atoms with Crippen LogP contribution in [0.3, 0.4) is 0 Å². The van der Waals surface area contributed by atoms with E-state index in [9.17, 15) is 4.79 Å². The van der Waals surface area contributed by atoms with Crippen LogP contribution in [-0.2, 0) is 4.79 Å². The van der Waals surface area contributed by atoms with Gasteiger partial charge in [0, 0.05) is 12.3 Å². The zero-order chi connectivity index (χ0) is 11.2. The molecule has 0 aliphatic carbocycles. The maximum atomic E-state index is 11.3. The zero-order valence-electron chi connectivity index (χ0n) is 8.35. The Balaban J connectivity index is 1.95. The van der Waals surface area contributed by atoms with Crippen molar-refractivity contribution in [3.63, 3.8) is 0 Å². The number of ether oxygens (including phenoxy) is 1. The van der Waals surface area contributed by atoms with E-state index in [2.05, 4.69) is 10.3 Å². The van der Waals surface area contributed by atoms with Gasteiger partial charge < -0.3 is 4.74 Å². The lowest BCUT2D eigenvalue weighted by molar-refractivity contribution is -0.128. The van der Waals surface area contributed by atoms with Crippen molar-refractivity contribution < 1.29 is 9.53 Å². The molecule has 1 aromatic carbocycles. The van der Waals surface area contributed by atoms with Gasteiger partial charge in [0.25, 0.3) is 0 Å². The highest BCUT2D eigenvalue weighted by Crippen LogP contribution is 2.08. The largest absolute Gasteiger partial charge is 0.423 e. The Bertz CT molecular complexity index is 477. The Morgan fingerprint density at radius 3 is 2.81 bits per heavy atom. The number of aromatic nitrogens is 3. The monoisotopic (exact) mass is 215 g/mol. The smallest absolute Gasteiger partial charge is 0.337 e. The second-order valence-corrected chi connectivity index (χ2v) is 2.93. The highest BCUT2D eigenvalue weighted by atomic mass is 16.5. The van der Waals surface area contributed by atoms with Crippen LogP contribution >= 0.6 is 0 Å². The van der Waals surface area contributed by atoms with E-state index in [1.807, 2.05) is 6.07 Å². The van der Waals surface area contributed by atoms with E-state index < -0.39 is 5.97 Å². The molecule has 0 aliphatic rings. The van der Waals surface area contributed by atoms with Gasteiger partial charge in [-0.15, -0.1) is 5.10 Å². The summed E-state index contributed by atoms with van der Waals surface area (Å²) in [5.41, 5.74) is 0. The molecular weight excluding hydrogens is 206 g/mol. The molecule has 0 spiro atoms. The first-order chi connectivity index (χ1) is 7.84. The van der Waals surface area contributed by atoms with Crippen LogP contribution in [0.25, 0.3) is 6.20 Å². The average Bonchev–Trinajstić information content (AvgIpc) is 2.81. The summed E-state index contributed by atoms with van der Waals surface area (Å²) >= 11 is 0. The van der Waals surface area contributed by atoms with Crippen LogP contribution in [0, 0.1) is 0 Å². The third-order valence-electron chi connectivity index (χ3n) is 1.77. The van der Waals surface area contributed by atoms with E-state index in [-0.39, 0.29) is 0 Å². The van der Waals surface area contributed by atoms with Crippen molar-refractivity contribution in [2.24, 2.45) is 0 Å². The van der Waals surface area contributed by atoms with Crippen molar-refractivity contribution in [2.75, 3.05) is 0 Å². The SMILES string of the molecule is O=C(C=Cn1ccnn1)Oc1ccccc1. The minimum Gasteiger partial charge on any atom is -0.423 e. The summed E-state index contributed by atoms with van der Waals surface area (Å²) in [7, 11) is 0. The molecule has 0 fully saturated rings. The van der Waals surface area contributed by atoms with Gasteiger partial charge in [-0.3, -0.25) is 0 Å². The lowest BCUT2D eigenvalue weighted by Gasteiger charge is -1.99. The van der Waals surface area contributed by atoms with E-state index >= 15 is 0 Å². The topological polar surface area (TPSA) is 57.0 Å². The Morgan fingerprint density at radius 1 is 1.31 bits per heavy atom. The number of nitrogens with zero attached hydrogens (tertiary/aromatic N) is 3. The number of hydrogen-bond acceptors (Lipinski definition) is 4. The van der Waals surface area contributed by atoms with Crippen molar-refractivity contribution in [3.8, 4) is 5.75 Å². The fourth-order valence-electron chi connectivity index (χ4n) is 1.07. The van der Waals surface area contributed by atoms with Crippen LogP contribution in [0.15, 0.2) is 48.8 Å². The van der Waals surface area contributed by atoms with E-state index in [1.54, 1.807) is 30.5 Å². The van der Waals surface area contributed by atoms with Crippen molar-refractivity contribution >= 4 is 12.2 Å². The molecule has 0 radical (unpaired) electrons. The van der Waals surface area contributed by atoms with E-state index in [0.29, 0.717) is 5.75 Å². The predicted octanol–water partition coefficient (Wildman–Crippen LogP) is 1.35. The Kier molecular flexibility index (Phi) is 3.08. The fraction of sp³-hybridized carbons (Fsp3) is 0. The Morgan fingerprint density at radius 2 is 2.12 bits per heavy atom. The first-order valence-corrected chi connectivity index (χ1v) is 4.65. The summed E-state index contributed by atoms with van der Waals surface area (Å²) in [5, 5.41) is 7.26. The summed E-state index contributed by atoms with van der Waals surface area (Å²) < 4.78 is 6.43. The van der Waals surface area contributed by atoms with Gasteiger partial charge in [0.2, 0.25) is 0 Å². The number of carbonyl (C=O) groups is 1. The second-order valence-electron chi connectivity index (χ2n) is 2.93. The molecule has 1 heterocycles. The van der Waals surface area contributed by atoms with Crippen LogP contribution in [0.2, 0.25) is 0 Å². The molecule has 0 saturated heterocycles. The number of carbonyl (C=O) groups excluding carboxylic acids is 1. The first kappa shape index (κ1) is 10.1. The highest BCUT2D eigenvalue weighted by molar-refractivity contribution is 5.86. The van der Waals surface area contributed by atoms with E-state index in [1.165, 1.54) is 23.2 Å². The molecule has 1 aromatic heterocycles. The van der Waals surface area contributed by atoms with Crippen LogP contribution in [0.4, 0.5) is 0 Å². The van der Waals surface area contributed by atoms with Gasteiger partial charge in [-0.25, -0.2) is 9.48 Å². The van der Waals surface area contributed by atoms with Gasteiger partial charge in [0.05, 0.1) is 12.4 Å². The van der Waals surface area contributed by atoms with Crippen molar-refractivity contribution in [2.45, 2.75) is 0 Å². The lowest BCUT2D eigenvalue weighted by atomic mass is 10.3. The number of rotatable bonds is 3. The van der Waals surface area contributed by atoms with E-state index in [0.717, 1.165) is 0 Å². The number of hydrogen-bond donors (Lipinski definition) is 0. The first-order valence-electron chi connectivity index (χ1n) is 4.65. The number of para-hydroxylation sites is 1. The molecule has 80 valence electrons. The summed E-state index contributed by atoms with van der Waals surface area (Å²) in [6.07, 6.45) is 5.89. The number of benzene rings is 1. The summed E-state index contributed by atoms with van der Waals surface area (Å²) in [6, 6.07) is 8.86. The second kappa shape index (κ2) is 4.88. The van der Waals surface area contributed by atoms with Gasteiger partial charge in [0.1, 0.15) is 5.75 Å². The maximum absolute atomic E-state index is 11.3. The molecule has 0 atom stereocenters. The quantitative estimate of drug-likeness (QED) is 0.440. The van der Waals surface area contributed by atoms with Gasteiger partial charge in [-0.1, -0.05) is 23.4 Å². The van der Waals surface area contributed by atoms with Crippen LogP contribution in [0.5, 0.6) is 5.75 Å². The molecule has 0 N–H and O–H groups in total. The van der Waals surface area contributed by atoms with Gasteiger partial charge >= 0.3 is 5.97 Å². The Labute approximate surface area is 92.0 Å². The Hall–Kier alpha value is -2.43. The maximum Gasteiger partial charge on any atom is 0.337 e. The predicted molar refractivity (Wildman–Crippen MR) is 57.4 cm³/mol. The van der Waals surface area contributed by atoms with Gasteiger partial charge in [-0.05, 0) is 12.1 Å². The standard InChI is InChI=1S/C11H9N3O2/c15-11(6-8-14-9-7-12-13-14)16-10-4-2-1-3-5-10/h1-9H. The summed E-state index contributed by atoms with van der Waals surface area (Å²) in [4.78, 5) is 11.3. The lowest BCUT2D eigenvalue weighted by Crippen LogP contribution is -2.04. The molecule has 5 heteroatoms. The summed E-state index contributed by atoms with van der Waals surface area (Å²) in [6.45, 7) is 0. The van der Waals surface area contributed by atoms with Crippen LogP contribution < -0.4 is 4.74 Å². The molecule has 5 nitrogen and oxygen atoms in total. The fourth-order valence-corrected chi connectivity index (χ4v) is 1.07. The van der Waals surface area contributed by atoms with E-state index in [4.69, 9.17) is 4.74 Å². The molecule has 16 heavy (non-hydrogen) atoms. The normalized spacial score (nSPS) is 10.5. The number of esters is 1. The van der Waals surface area contributed by atoms with Crippen molar-refractivity contribution in [1.82, 2.24) is 15.0 Å². The van der Waals surface area contributed by atoms with Gasteiger partial charge in [0.15, 0.2) is 0 Å². The molecule has 0 amide bonds. The zero-order valence-corrected chi connectivity index (χ0v) is 8.35. The third-order valence-corrected chi connectivity index (χ3v) is 1.77. The minimum absolute atomic E-state index is 0.457. The average molecular weight is 215 g/mol. The molecule has 0 aliphatic heterocycles.